The van der Waals surface area contributed by atoms with Crippen molar-refractivity contribution in [3.63, 3.8) is 0 Å². The minimum Gasteiger partial charge on any atom is -0.480 e. The third-order valence-corrected chi connectivity index (χ3v) is 9.98. The topological polar surface area (TPSA) is 128 Å². The number of fused-ring (bicyclic) bond motifs is 5. The van der Waals surface area contributed by atoms with Crippen LogP contribution in [0.15, 0.2) is 16.8 Å². The molecule has 4 rings (SSSR count). The normalized spacial score (nSPS) is 42.0. The number of hydrogen-bond donors (Lipinski definition) is 4. The van der Waals surface area contributed by atoms with Gasteiger partial charge in [-0.2, -0.15) is 0 Å². The summed E-state index contributed by atoms with van der Waals surface area (Å²) in [5.41, 5.74) is 1.83. The number of oxime groups is 1. The number of allylic oxidation sites excluding steroid dienone is 2. The molecule has 0 saturated heterocycles. The van der Waals surface area contributed by atoms with Gasteiger partial charge in [-0.05, 0) is 99.9 Å². The lowest BCUT2D eigenvalue weighted by molar-refractivity contribution is -0.145. The lowest BCUT2D eigenvalue weighted by atomic mass is 9.46. The molecule has 3 fully saturated rings. The third-order valence-electron chi connectivity index (χ3n) is 9.98. The lowest BCUT2D eigenvalue weighted by Gasteiger charge is -2.59. The smallest absolute Gasteiger partial charge is 0.328 e. The van der Waals surface area contributed by atoms with E-state index in [4.69, 9.17) is 9.94 Å². The molecule has 0 bridgehead atoms. The van der Waals surface area contributed by atoms with Crippen LogP contribution >= 0.6 is 0 Å². The molecule has 4 aliphatic rings. The van der Waals surface area contributed by atoms with E-state index in [9.17, 15) is 19.8 Å². The summed E-state index contributed by atoms with van der Waals surface area (Å²) >= 11 is 0. The number of amides is 1. The van der Waals surface area contributed by atoms with Gasteiger partial charge in [-0.25, -0.2) is 4.79 Å². The maximum atomic E-state index is 12.0. The van der Waals surface area contributed by atoms with Crippen LogP contribution in [-0.4, -0.2) is 57.3 Å². The van der Waals surface area contributed by atoms with Crippen molar-refractivity contribution in [2.75, 3.05) is 6.61 Å². The molecule has 3 saturated carbocycles. The number of rotatable bonds is 6. The second kappa shape index (κ2) is 8.94. The van der Waals surface area contributed by atoms with Crippen molar-refractivity contribution in [3.05, 3.63) is 11.6 Å². The van der Waals surface area contributed by atoms with Crippen LogP contribution in [0.2, 0.25) is 0 Å². The Morgan fingerprint density at radius 3 is 2.53 bits per heavy atom. The molecule has 0 aromatic rings. The quantitative estimate of drug-likeness (QED) is 0.436. The van der Waals surface area contributed by atoms with Gasteiger partial charge in [-0.15, -0.1) is 0 Å². The van der Waals surface area contributed by atoms with Crippen molar-refractivity contribution in [3.8, 4) is 0 Å². The van der Waals surface area contributed by atoms with Crippen molar-refractivity contribution in [1.29, 1.82) is 0 Å². The highest BCUT2D eigenvalue weighted by atomic mass is 16.6. The van der Waals surface area contributed by atoms with E-state index in [-0.39, 0.29) is 10.8 Å². The molecule has 0 aromatic heterocycles. The van der Waals surface area contributed by atoms with Gasteiger partial charge < -0.3 is 25.5 Å². The monoisotopic (exact) mass is 476 g/mol. The highest BCUT2D eigenvalue weighted by Crippen LogP contribution is 2.67. The van der Waals surface area contributed by atoms with Gasteiger partial charge in [0.05, 0.1) is 17.4 Å². The van der Waals surface area contributed by atoms with Crippen LogP contribution in [0, 0.1) is 28.6 Å². The highest BCUT2D eigenvalue weighted by Gasteiger charge is 2.62. The number of aliphatic hydroxyl groups is 2. The minimum absolute atomic E-state index is 0.0227. The number of carbonyl (C=O) groups excluding carboxylic acids is 1. The summed E-state index contributed by atoms with van der Waals surface area (Å²) in [7, 11) is 0. The summed E-state index contributed by atoms with van der Waals surface area (Å²) in [4.78, 5) is 28.3. The van der Waals surface area contributed by atoms with Gasteiger partial charge in [-0.3, -0.25) is 4.79 Å². The van der Waals surface area contributed by atoms with Crippen LogP contribution in [0.25, 0.3) is 0 Å². The second-order valence-electron chi connectivity index (χ2n) is 11.8. The summed E-state index contributed by atoms with van der Waals surface area (Å²) in [5, 5.41) is 36.0. The number of aliphatic carboxylic acids is 1. The van der Waals surface area contributed by atoms with E-state index in [2.05, 4.69) is 30.4 Å². The van der Waals surface area contributed by atoms with Crippen LogP contribution in [0.4, 0.5) is 0 Å². The van der Waals surface area contributed by atoms with E-state index in [1.54, 1.807) is 0 Å². The maximum absolute atomic E-state index is 12.0. The first kappa shape index (κ1) is 25.2. The number of nitrogens with zero attached hydrogens (tertiary/aromatic N) is 1. The summed E-state index contributed by atoms with van der Waals surface area (Å²) < 4.78 is 0. The average molecular weight is 477 g/mol. The van der Waals surface area contributed by atoms with Gasteiger partial charge in [0, 0.05) is 0 Å². The second-order valence-corrected chi connectivity index (χ2v) is 11.8. The zero-order valence-electron chi connectivity index (χ0n) is 20.8. The Bertz CT molecular complexity index is 896. The molecule has 0 aliphatic heterocycles. The Morgan fingerprint density at radius 2 is 1.85 bits per heavy atom. The zero-order valence-corrected chi connectivity index (χ0v) is 20.8. The molecule has 34 heavy (non-hydrogen) atoms. The Morgan fingerprint density at radius 1 is 1.15 bits per heavy atom. The lowest BCUT2D eigenvalue weighted by Crippen LogP contribution is -2.53. The minimum atomic E-state index is -1.38. The SMILES string of the molecule is C[C@H](O)[C@@H](NC(=O)CO/N=C1/C=C2CC[C@@H]3[C@H](CC[C@@]4(C)[C@H]3CC[C@]4(C)O)[C@@]2(C)CC1)C(=O)O. The molecule has 0 spiro atoms. The van der Waals surface area contributed by atoms with E-state index in [0.29, 0.717) is 17.8 Å². The fraction of sp³-hybridized carbons (Fsp3) is 0.808. The van der Waals surface area contributed by atoms with Crippen LogP contribution in [0.5, 0.6) is 0 Å². The molecule has 4 aliphatic carbocycles. The predicted octanol–water partition coefficient (Wildman–Crippen LogP) is 3.02. The fourth-order valence-corrected chi connectivity index (χ4v) is 7.66. The summed E-state index contributed by atoms with van der Waals surface area (Å²) in [6.45, 7) is 7.67. The Hall–Kier alpha value is -1.93. The molecule has 0 unspecified atom stereocenters. The van der Waals surface area contributed by atoms with Crippen LogP contribution in [0.3, 0.4) is 0 Å². The van der Waals surface area contributed by atoms with E-state index in [0.717, 1.165) is 57.1 Å². The van der Waals surface area contributed by atoms with Gasteiger partial charge in [0.1, 0.15) is 0 Å². The largest absolute Gasteiger partial charge is 0.480 e. The molecule has 0 radical (unpaired) electrons. The first-order valence-corrected chi connectivity index (χ1v) is 12.7. The molecule has 8 heteroatoms. The molecule has 0 heterocycles. The van der Waals surface area contributed by atoms with Crippen molar-refractivity contribution in [1.82, 2.24) is 5.32 Å². The van der Waals surface area contributed by atoms with E-state index in [1.165, 1.54) is 12.5 Å². The first-order chi connectivity index (χ1) is 15.9. The Balaban J connectivity index is 1.40. The number of carbonyl (C=O) groups is 2. The van der Waals surface area contributed by atoms with Gasteiger partial charge >= 0.3 is 5.97 Å². The van der Waals surface area contributed by atoms with Crippen LogP contribution in [0.1, 0.15) is 79.1 Å². The number of carboxylic acids is 1. The Labute approximate surface area is 201 Å². The number of carboxylic acid groups (broad SMARTS) is 1. The maximum Gasteiger partial charge on any atom is 0.328 e. The van der Waals surface area contributed by atoms with E-state index < -0.39 is 36.2 Å². The molecule has 0 aromatic carbocycles. The molecule has 8 nitrogen and oxygen atoms in total. The van der Waals surface area contributed by atoms with Crippen molar-refractivity contribution >= 4 is 17.6 Å². The van der Waals surface area contributed by atoms with Gasteiger partial charge in [0.25, 0.3) is 5.91 Å². The summed E-state index contributed by atoms with van der Waals surface area (Å²) in [5.74, 6) is -0.0617. The summed E-state index contributed by atoms with van der Waals surface area (Å²) in [6.07, 6.45) is 9.14. The van der Waals surface area contributed by atoms with Crippen LogP contribution < -0.4 is 5.32 Å². The molecular weight excluding hydrogens is 436 g/mol. The van der Waals surface area contributed by atoms with Crippen LogP contribution in [-0.2, 0) is 14.4 Å². The number of aliphatic hydroxyl groups excluding tert-OH is 1. The van der Waals surface area contributed by atoms with Gasteiger partial charge in [-0.1, -0.05) is 24.6 Å². The predicted molar refractivity (Wildman–Crippen MR) is 127 cm³/mol. The van der Waals surface area contributed by atoms with Crippen molar-refractivity contribution in [2.45, 2.75) is 96.8 Å². The fourth-order valence-electron chi connectivity index (χ4n) is 7.66. The average Bonchev–Trinajstić information content (AvgIpc) is 3.00. The standard InChI is InChI=1S/C26H40N2O6/c1-15(29)22(23(31)32)27-21(30)14-34-28-17-7-10-24(2)16(13-17)5-6-18-19(24)8-11-25(3)20(18)9-12-26(25,4)33/h13,15,18-20,22,29,33H,5-12,14H2,1-4H3,(H,27,30)(H,31,32)/b28-17+/t15-,18+,19-,20-,22+,24-,25-,26-/m0/s1. The third kappa shape index (κ3) is 4.17. The molecule has 8 atom stereocenters. The summed E-state index contributed by atoms with van der Waals surface area (Å²) in [6, 6.07) is -1.38. The Kier molecular flexibility index (Phi) is 6.62. The van der Waals surface area contributed by atoms with E-state index in [1.807, 2.05) is 6.92 Å². The molecule has 4 N–H and O–H groups in total. The zero-order chi connectivity index (χ0) is 24.9. The first-order valence-electron chi connectivity index (χ1n) is 12.7. The molecule has 190 valence electrons. The highest BCUT2D eigenvalue weighted by molar-refractivity contribution is 5.96. The van der Waals surface area contributed by atoms with Gasteiger partial charge in [0.15, 0.2) is 12.6 Å². The van der Waals surface area contributed by atoms with Gasteiger partial charge in [0.2, 0.25) is 0 Å². The number of nitrogens with one attached hydrogen (secondary N) is 1. The van der Waals surface area contributed by atoms with Crippen molar-refractivity contribution in [2.24, 2.45) is 33.7 Å². The van der Waals surface area contributed by atoms with E-state index >= 15 is 0 Å². The number of hydrogen-bond acceptors (Lipinski definition) is 6. The van der Waals surface area contributed by atoms with Crippen molar-refractivity contribution < 1.29 is 29.7 Å². The molecule has 1 amide bonds. The molecular formula is C26H40N2O6.